The topological polar surface area (TPSA) is 56.6 Å². The Morgan fingerprint density at radius 2 is 2.10 bits per heavy atom. The predicted octanol–water partition coefficient (Wildman–Crippen LogP) is 1.59. The van der Waals surface area contributed by atoms with Crippen molar-refractivity contribution in [3.05, 3.63) is 29.8 Å². The third kappa shape index (κ3) is 3.98. The Morgan fingerprint density at radius 1 is 1.40 bits per heavy atom. The number of nitrogens with zero attached hydrogens (tertiary/aromatic N) is 2. The molecule has 20 heavy (non-hydrogen) atoms. The van der Waals surface area contributed by atoms with Gasteiger partial charge in [-0.1, -0.05) is 6.92 Å². The van der Waals surface area contributed by atoms with Crippen molar-refractivity contribution in [1.82, 2.24) is 9.88 Å². The molecule has 0 saturated carbocycles. The van der Waals surface area contributed by atoms with Gasteiger partial charge in [0, 0.05) is 19.1 Å². The molecule has 1 aromatic rings. The molecule has 1 aromatic heterocycles. The molecule has 1 aliphatic rings. The Bertz CT molecular complexity index is 405. The normalized spacial score (nSPS) is 20.8. The third-order valence-electron chi connectivity index (χ3n) is 4.10. The summed E-state index contributed by atoms with van der Waals surface area (Å²) in [5, 5.41) is 19.4. The van der Waals surface area contributed by atoms with E-state index in [1.807, 2.05) is 6.92 Å². The smallest absolute Gasteiger partial charge is 0.141 e. The molecule has 4 nitrogen and oxygen atoms in total. The molecule has 2 heterocycles. The predicted molar refractivity (Wildman–Crippen MR) is 74.6 cm³/mol. The number of aliphatic hydroxyl groups excluding tert-OH is 2. The summed E-state index contributed by atoms with van der Waals surface area (Å²) in [6.07, 6.45) is 2.48. The van der Waals surface area contributed by atoms with Gasteiger partial charge in [0.25, 0.3) is 0 Å². The van der Waals surface area contributed by atoms with Crippen LogP contribution in [-0.2, 0) is 0 Å². The molecule has 2 N–H and O–H groups in total. The minimum Gasteiger partial charge on any atom is -0.396 e. The summed E-state index contributed by atoms with van der Waals surface area (Å²) < 4.78 is 12.8. The maximum absolute atomic E-state index is 12.8. The number of likely N-dealkylation sites (tertiary alicyclic amines) is 1. The van der Waals surface area contributed by atoms with Crippen molar-refractivity contribution < 1.29 is 14.6 Å². The van der Waals surface area contributed by atoms with Crippen molar-refractivity contribution in [3.8, 4) is 0 Å². The van der Waals surface area contributed by atoms with E-state index in [-0.39, 0.29) is 18.3 Å². The quantitative estimate of drug-likeness (QED) is 0.861. The molecule has 2 atom stereocenters. The van der Waals surface area contributed by atoms with Crippen LogP contribution in [0.1, 0.15) is 31.6 Å². The fourth-order valence-corrected chi connectivity index (χ4v) is 2.71. The molecular formula is C15H23FN2O2. The Kier molecular flexibility index (Phi) is 5.46. The lowest BCUT2D eigenvalue weighted by Crippen LogP contribution is -2.38. The standard InChI is InChI=1S/C15H23FN2O2/c1-11(9-18-6-4-12(10-19)5-7-18)15(20)14-3-2-13(16)8-17-14/h2-3,8,11-12,15,19-20H,4-7,9-10H2,1H3. The van der Waals surface area contributed by atoms with Gasteiger partial charge in [-0.2, -0.15) is 0 Å². The molecule has 0 bridgehead atoms. The summed E-state index contributed by atoms with van der Waals surface area (Å²) in [5.74, 6) is 0.0727. The second-order valence-electron chi connectivity index (χ2n) is 5.75. The summed E-state index contributed by atoms with van der Waals surface area (Å²) in [5.41, 5.74) is 0.518. The van der Waals surface area contributed by atoms with Crippen LogP contribution in [0.25, 0.3) is 0 Å². The van der Waals surface area contributed by atoms with E-state index in [9.17, 15) is 9.50 Å². The van der Waals surface area contributed by atoms with E-state index < -0.39 is 6.10 Å². The summed E-state index contributed by atoms with van der Waals surface area (Å²) >= 11 is 0. The maximum Gasteiger partial charge on any atom is 0.141 e. The lowest BCUT2D eigenvalue weighted by molar-refractivity contribution is 0.0650. The Labute approximate surface area is 119 Å². The highest BCUT2D eigenvalue weighted by molar-refractivity contribution is 5.08. The molecule has 0 amide bonds. The number of aliphatic hydroxyl groups is 2. The van der Waals surface area contributed by atoms with Crippen LogP contribution in [0, 0.1) is 17.7 Å². The van der Waals surface area contributed by atoms with Crippen molar-refractivity contribution in [2.75, 3.05) is 26.2 Å². The average molecular weight is 282 g/mol. The molecule has 5 heteroatoms. The van der Waals surface area contributed by atoms with Crippen LogP contribution in [0.5, 0.6) is 0 Å². The van der Waals surface area contributed by atoms with Crippen molar-refractivity contribution >= 4 is 0 Å². The van der Waals surface area contributed by atoms with Crippen LogP contribution in [0.4, 0.5) is 4.39 Å². The highest BCUT2D eigenvalue weighted by Crippen LogP contribution is 2.23. The minimum absolute atomic E-state index is 0.0404. The van der Waals surface area contributed by atoms with Gasteiger partial charge in [-0.15, -0.1) is 0 Å². The van der Waals surface area contributed by atoms with E-state index >= 15 is 0 Å². The Balaban J connectivity index is 1.85. The van der Waals surface area contributed by atoms with E-state index in [2.05, 4.69) is 9.88 Å². The van der Waals surface area contributed by atoms with E-state index in [1.165, 1.54) is 12.1 Å². The molecule has 112 valence electrons. The minimum atomic E-state index is -0.675. The van der Waals surface area contributed by atoms with E-state index in [4.69, 9.17) is 5.11 Å². The maximum atomic E-state index is 12.8. The Hall–Kier alpha value is -1.04. The van der Waals surface area contributed by atoms with E-state index in [0.717, 1.165) is 38.7 Å². The fraction of sp³-hybridized carbons (Fsp3) is 0.667. The molecule has 0 radical (unpaired) electrons. The van der Waals surface area contributed by atoms with Gasteiger partial charge >= 0.3 is 0 Å². The van der Waals surface area contributed by atoms with Gasteiger partial charge in [0.05, 0.1) is 18.0 Å². The molecule has 2 unspecified atom stereocenters. The zero-order valence-electron chi connectivity index (χ0n) is 11.9. The van der Waals surface area contributed by atoms with E-state index in [1.54, 1.807) is 0 Å². The summed E-state index contributed by atoms with van der Waals surface area (Å²) in [7, 11) is 0. The number of pyridine rings is 1. The Morgan fingerprint density at radius 3 is 2.65 bits per heavy atom. The second kappa shape index (κ2) is 7.11. The molecule has 0 aliphatic carbocycles. The van der Waals surface area contributed by atoms with Gasteiger partial charge in [-0.25, -0.2) is 4.39 Å². The monoisotopic (exact) mass is 282 g/mol. The molecule has 1 aliphatic heterocycles. The summed E-state index contributed by atoms with van der Waals surface area (Å²) in [6, 6.07) is 2.86. The number of piperidine rings is 1. The molecule has 1 saturated heterocycles. The fourth-order valence-electron chi connectivity index (χ4n) is 2.71. The SMILES string of the molecule is CC(CN1CCC(CO)CC1)C(O)c1ccc(F)cn1. The largest absolute Gasteiger partial charge is 0.396 e. The van der Waals surface area contributed by atoms with Crippen LogP contribution < -0.4 is 0 Å². The highest BCUT2D eigenvalue weighted by Gasteiger charge is 2.24. The number of hydrogen-bond acceptors (Lipinski definition) is 4. The molecule has 1 fully saturated rings. The molecule has 0 spiro atoms. The van der Waals surface area contributed by atoms with Gasteiger partial charge < -0.3 is 15.1 Å². The van der Waals surface area contributed by atoms with Crippen LogP contribution in [0.2, 0.25) is 0 Å². The third-order valence-corrected chi connectivity index (χ3v) is 4.10. The lowest BCUT2D eigenvalue weighted by Gasteiger charge is -2.33. The average Bonchev–Trinajstić information content (AvgIpc) is 2.48. The summed E-state index contributed by atoms with van der Waals surface area (Å²) in [6.45, 7) is 4.95. The number of aromatic nitrogens is 1. The van der Waals surface area contributed by atoms with Crippen LogP contribution in [0.15, 0.2) is 18.3 Å². The van der Waals surface area contributed by atoms with Gasteiger partial charge in [0.2, 0.25) is 0 Å². The van der Waals surface area contributed by atoms with Crippen LogP contribution >= 0.6 is 0 Å². The number of hydrogen-bond donors (Lipinski definition) is 2. The summed E-state index contributed by atoms with van der Waals surface area (Å²) in [4.78, 5) is 6.25. The number of rotatable bonds is 5. The first-order chi connectivity index (χ1) is 9.60. The molecular weight excluding hydrogens is 259 g/mol. The first kappa shape index (κ1) is 15.4. The number of halogens is 1. The first-order valence-corrected chi connectivity index (χ1v) is 7.23. The lowest BCUT2D eigenvalue weighted by atomic mass is 9.95. The van der Waals surface area contributed by atoms with Gasteiger partial charge in [-0.05, 0) is 44.0 Å². The van der Waals surface area contributed by atoms with E-state index in [0.29, 0.717) is 11.6 Å². The van der Waals surface area contributed by atoms with Crippen LogP contribution in [0.3, 0.4) is 0 Å². The van der Waals surface area contributed by atoms with Crippen molar-refractivity contribution in [2.24, 2.45) is 11.8 Å². The van der Waals surface area contributed by atoms with Crippen LogP contribution in [-0.4, -0.2) is 46.3 Å². The van der Waals surface area contributed by atoms with Gasteiger partial charge in [0.1, 0.15) is 5.82 Å². The van der Waals surface area contributed by atoms with Crippen molar-refractivity contribution in [2.45, 2.75) is 25.9 Å². The van der Waals surface area contributed by atoms with Crippen molar-refractivity contribution in [3.63, 3.8) is 0 Å². The van der Waals surface area contributed by atoms with Gasteiger partial charge in [-0.3, -0.25) is 4.98 Å². The van der Waals surface area contributed by atoms with Crippen molar-refractivity contribution in [1.29, 1.82) is 0 Å². The molecule has 0 aromatic carbocycles. The van der Waals surface area contributed by atoms with Gasteiger partial charge in [0.15, 0.2) is 0 Å². The zero-order chi connectivity index (χ0) is 14.5. The highest BCUT2D eigenvalue weighted by atomic mass is 19.1. The second-order valence-corrected chi connectivity index (χ2v) is 5.75. The first-order valence-electron chi connectivity index (χ1n) is 7.23. The molecule has 2 rings (SSSR count). The zero-order valence-corrected chi connectivity index (χ0v) is 11.9.